The summed E-state index contributed by atoms with van der Waals surface area (Å²) in [5.74, 6) is 0.0916. The van der Waals surface area contributed by atoms with E-state index in [0.29, 0.717) is 24.4 Å². The predicted molar refractivity (Wildman–Crippen MR) is 97.2 cm³/mol. The highest BCUT2D eigenvalue weighted by Crippen LogP contribution is 2.25. The molecule has 0 aliphatic rings. The lowest BCUT2D eigenvalue weighted by molar-refractivity contribution is -0.151. The number of fused-ring (bicyclic) bond motifs is 1. The molecule has 0 aliphatic carbocycles. The van der Waals surface area contributed by atoms with E-state index in [1.54, 1.807) is 19.1 Å². The van der Waals surface area contributed by atoms with E-state index in [-0.39, 0.29) is 5.63 Å². The van der Waals surface area contributed by atoms with Crippen molar-refractivity contribution in [3.63, 3.8) is 0 Å². The first-order valence-electron chi connectivity index (χ1n) is 8.91. The standard InChI is InChI=1S/C20H26O5/c1-5-8-9-16-13(4)15-11-10-14(12-18(15)25-19(16)21)24-17(6-2)20(22)23-7-3/h10-12,17H,5-9H2,1-4H3/t17-/m1/s1. The van der Waals surface area contributed by atoms with Crippen LogP contribution in [0.3, 0.4) is 0 Å². The molecule has 0 radical (unpaired) electrons. The van der Waals surface area contributed by atoms with Gasteiger partial charge in [0, 0.05) is 17.0 Å². The molecule has 0 spiro atoms. The molecule has 0 fully saturated rings. The van der Waals surface area contributed by atoms with E-state index in [1.165, 1.54) is 0 Å². The molecule has 0 bridgehead atoms. The zero-order valence-electron chi connectivity index (χ0n) is 15.4. The summed E-state index contributed by atoms with van der Waals surface area (Å²) in [6.07, 6.45) is 2.52. The largest absolute Gasteiger partial charge is 0.479 e. The number of esters is 1. The second kappa shape index (κ2) is 8.70. The van der Waals surface area contributed by atoms with Crippen molar-refractivity contribution < 1.29 is 18.7 Å². The van der Waals surface area contributed by atoms with Gasteiger partial charge in [-0.2, -0.15) is 0 Å². The van der Waals surface area contributed by atoms with Crippen LogP contribution in [-0.4, -0.2) is 18.7 Å². The minimum Gasteiger partial charge on any atom is -0.479 e. The quantitative estimate of drug-likeness (QED) is 0.530. The molecule has 0 aliphatic heterocycles. The van der Waals surface area contributed by atoms with Crippen molar-refractivity contribution in [2.75, 3.05) is 6.61 Å². The summed E-state index contributed by atoms with van der Waals surface area (Å²) in [5, 5.41) is 0.891. The molecule has 0 saturated carbocycles. The summed E-state index contributed by atoms with van der Waals surface area (Å²) < 4.78 is 16.2. The normalized spacial score (nSPS) is 12.2. The first-order valence-corrected chi connectivity index (χ1v) is 8.91. The average molecular weight is 346 g/mol. The molecule has 1 aromatic heterocycles. The van der Waals surface area contributed by atoms with E-state index in [2.05, 4.69) is 6.92 Å². The van der Waals surface area contributed by atoms with Crippen LogP contribution in [0.5, 0.6) is 5.75 Å². The molecular weight excluding hydrogens is 320 g/mol. The van der Waals surface area contributed by atoms with Crippen LogP contribution in [0.1, 0.15) is 51.2 Å². The maximum atomic E-state index is 12.3. The number of carbonyl (C=O) groups is 1. The average Bonchev–Trinajstić information content (AvgIpc) is 2.59. The highest BCUT2D eigenvalue weighted by molar-refractivity contribution is 5.82. The van der Waals surface area contributed by atoms with Crippen LogP contribution >= 0.6 is 0 Å². The highest BCUT2D eigenvalue weighted by Gasteiger charge is 2.20. The fourth-order valence-electron chi connectivity index (χ4n) is 2.79. The number of ether oxygens (including phenoxy) is 2. The van der Waals surface area contributed by atoms with Crippen LogP contribution in [0.4, 0.5) is 0 Å². The number of aryl methyl sites for hydroxylation is 1. The predicted octanol–water partition coefficient (Wildman–Crippen LogP) is 4.16. The van der Waals surface area contributed by atoms with Gasteiger partial charge in [0.2, 0.25) is 0 Å². The van der Waals surface area contributed by atoms with Gasteiger partial charge in [0.15, 0.2) is 6.10 Å². The zero-order chi connectivity index (χ0) is 18.4. The molecule has 1 atom stereocenters. The number of carbonyl (C=O) groups excluding carboxylic acids is 1. The first-order chi connectivity index (χ1) is 12.0. The van der Waals surface area contributed by atoms with Crippen molar-refractivity contribution in [3.05, 3.63) is 39.7 Å². The van der Waals surface area contributed by atoms with E-state index in [1.807, 2.05) is 19.9 Å². The SMILES string of the molecule is CCCCc1c(C)c2ccc(O[C@H](CC)C(=O)OCC)cc2oc1=O. The van der Waals surface area contributed by atoms with Crippen molar-refractivity contribution >= 4 is 16.9 Å². The second-order valence-electron chi connectivity index (χ2n) is 6.02. The van der Waals surface area contributed by atoms with Gasteiger partial charge < -0.3 is 13.9 Å². The van der Waals surface area contributed by atoms with Crippen molar-refractivity contribution in [2.45, 2.75) is 59.5 Å². The highest BCUT2D eigenvalue weighted by atomic mass is 16.6. The Labute approximate surface area is 147 Å². The van der Waals surface area contributed by atoms with Crippen molar-refractivity contribution in [3.8, 4) is 5.75 Å². The Hall–Kier alpha value is -2.30. The molecule has 1 aromatic carbocycles. The Morgan fingerprint density at radius 1 is 1.24 bits per heavy atom. The number of hydrogen-bond donors (Lipinski definition) is 0. The molecule has 0 amide bonds. The molecule has 5 heteroatoms. The maximum absolute atomic E-state index is 12.3. The monoisotopic (exact) mass is 346 g/mol. The maximum Gasteiger partial charge on any atom is 0.347 e. The lowest BCUT2D eigenvalue weighted by Gasteiger charge is -2.16. The third-order valence-corrected chi connectivity index (χ3v) is 4.24. The number of rotatable bonds is 8. The molecule has 0 unspecified atom stereocenters. The minimum absolute atomic E-state index is 0.298. The van der Waals surface area contributed by atoms with Gasteiger partial charge in [0.25, 0.3) is 0 Å². The van der Waals surface area contributed by atoms with Crippen LogP contribution in [0, 0.1) is 6.92 Å². The molecule has 0 N–H and O–H groups in total. The van der Waals surface area contributed by atoms with E-state index in [0.717, 1.165) is 35.8 Å². The summed E-state index contributed by atoms with van der Waals surface area (Å²) >= 11 is 0. The van der Waals surface area contributed by atoms with Gasteiger partial charge >= 0.3 is 11.6 Å². The molecule has 2 aromatic rings. The van der Waals surface area contributed by atoms with Crippen molar-refractivity contribution in [1.82, 2.24) is 0 Å². The molecule has 5 nitrogen and oxygen atoms in total. The minimum atomic E-state index is -0.672. The van der Waals surface area contributed by atoms with Crippen LogP contribution in [0.25, 0.3) is 11.0 Å². The fraction of sp³-hybridized carbons (Fsp3) is 0.500. The van der Waals surface area contributed by atoms with Gasteiger partial charge in [-0.15, -0.1) is 0 Å². The van der Waals surface area contributed by atoms with E-state index in [9.17, 15) is 9.59 Å². The number of unbranched alkanes of at least 4 members (excludes halogenated alkanes) is 1. The zero-order valence-corrected chi connectivity index (χ0v) is 15.4. The fourth-order valence-corrected chi connectivity index (χ4v) is 2.79. The van der Waals surface area contributed by atoms with Crippen LogP contribution in [0.2, 0.25) is 0 Å². The number of benzene rings is 1. The molecule has 2 rings (SSSR count). The summed E-state index contributed by atoms with van der Waals surface area (Å²) in [4.78, 5) is 24.1. The summed E-state index contributed by atoms with van der Waals surface area (Å²) in [5.41, 5.74) is 1.86. The number of hydrogen-bond acceptors (Lipinski definition) is 5. The van der Waals surface area contributed by atoms with E-state index >= 15 is 0 Å². The van der Waals surface area contributed by atoms with Gasteiger partial charge in [-0.05, 0) is 50.8 Å². The molecule has 25 heavy (non-hydrogen) atoms. The van der Waals surface area contributed by atoms with Crippen LogP contribution < -0.4 is 10.4 Å². The third-order valence-electron chi connectivity index (χ3n) is 4.24. The van der Waals surface area contributed by atoms with Gasteiger partial charge in [0.05, 0.1) is 6.61 Å². The topological polar surface area (TPSA) is 65.7 Å². The Morgan fingerprint density at radius 2 is 2.00 bits per heavy atom. The smallest absolute Gasteiger partial charge is 0.347 e. The Morgan fingerprint density at radius 3 is 2.64 bits per heavy atom. The molecule has 0 saturated heterocycles. The second-order valence-corrected chi connectivity index (χ2v) is 6.02. The Balaban J connectivity index is 2.33. The Bertz CT molecular complexity index is 791. The summed E-state index contributed by atoms with van der Waals surface area (Å²) in [7, 11) is 0. The van der Waals surface area contributed by atoms with Gasteiger partial charge in [-0.25, -0.2) is 9.59 Å². The molecular formula is C20H26O5. The Kier molecular flexibility index (Phi) is 6.62. The third kappa shape index (κ3) is 4.41. The first kappa shape index (κ1) is 19.0. The van der Waals surface area contributed by atoms with Crippen molar-refractivity contribution in [2.24, 2.45) is 0 Å². The lowest BCUT2D eigenvalue weighted by Crippen LogP contribution is -2.28. The summed E-state index contributed by atoms with van der Waals surface area (Å²) in [6, 6.07) is 5.33. The van der Waals surface area contributed by atoms with Gasteiger partial charge in [-0.3, -0.25) is 0 Å². The summed E-state index contributed by atoms with van der Waals surface area (Å²) in [6.45, 7) is 7.96. The van der Waals surface area contributed by atoms with Crippen LogP contribution in [-0.2, 0) is 16.0 Å². The van der Waals surface area contributed by atoms with Crippen molar-refractivity contribution in [1.29, 1.82) is 0 Å². The van der Waals surface area contributed by atoms with E-state index in [4.69, 9.17) is 13.9 Å². The van der Waals surface area contributed by atoms with Gasteiger partial charge in [-0.1, -0.05) is 20.3 Å². The lowest BCUT2D eigenvalue weighted by atomic mass is 10.0. The molecule has 1 heterocycles. The van der Waals surface area contributed by atoms with Gasteiger partial charge in [0.1, 0.15) is 11.3 Å². The van der Waals surface area contributed by atoms with E-state index < -0.39 is 12.1 Å². The van der Waals surface area contributed by atoms with Crippen LogP contribution in [0.15, 0.2) is 27.4 Å². The molecule has 136 valence electrons.